The normalized spacial score (nSPS) is 11.8. The fourth-order valence-corrected chi connectivity index (χ4v) is 8.78. The lowest BCUT2D eigenvalue weighted by Crippen LogP contribution is -2.06. The molecule has 0 saturated heterocycles. The Morgan fingerprint density at radius 2 is 0.937 bits per heavy atom. The van der Waals surface area contributed by atoms with Crippen LogP contribution in [-0.2, 0) is 6.18 Å². The molecule has 0 aliphatic carbocycles. The smallest absolute Gasteiger partial charge is 0.310 e. The van der Waals surface area contributed by atoms with Crippen LogP contribution in [-0.4, -0.2) is 24.1 Å². The predicted molar refractivity (Wildman–Crippen MR) is 241 cm³/mol. The second kappa shape index (κ2) is 14.6. The zero-order valence-electron chi connectivity index (χ0n) is 33.0. The zero-order valence-corrected chi connectivity index (χ0v) is 33.0. The van der Waals surface area contributed by atoms with E-state index in [2.05, 4.69) is 9.41 Å². The molecule has 0 bridgehead atoms. The summed E-state index contributed by atoms with van der Waals surface area (Å²) in [7, 11) is 0. The van der Waals surface area contributed by atoms with E-state index in [1.807, 2.05) is 132 Å². The molecular formula is C53H30F4N6. The molecule has 300 valence electrons. The number of rotatable bonds is 6. The molecule has 0 fully saturated rings. The standard InChI is InChI=1S/C53H30F4N6/c1-58-41-21-13-25-47(63-42-22-10-8-18-36(42)39-30-34(53(55,56)57)26-28-44(39)63)49(41)48-38(52-60-50(32-14-4-2-5-15-32)59-51(61-52)33-16-6-3-7-17-33)20-12-24-46(48)62-43-23-11-9-19-37(43)40-31-35(54)27-29-45(40)62/h2-31H. The van der Waals surface area contributed by atoms with Crippen LogP contribution < -0.4 is 0 Å². The van der Waals surface area contributed by atoms with Crippen LogP contribution in [0.25, 0.3) is 105 Å². The molecule has 63 heavy (non-hydrogen) atoms. The third-order valence-corrected chi connectivity index (χ3v) is 11.5. The van der Waals surface area contributed by atoms with E-state index in [1.165, 1.54) is 24.3 Å². The van der Waals surface area contributed by atoms with Crippen LogP contribution in [0.5, 0.6) is 0 Å². The van der Waals surface area contributed by atoms with Gasteiger partial charge in [0.15, 0.2) is 23.2 Å². The molecule has 0 N–H and O–H groups in total. The van der Waals surface area contributed by atoms with Crippen LogP contribution in [0.15, 0.2) is 182 Å². The molecule has 0 amide bonds. The number of halogens is 4. The lowest BCUT2D eigenvalue weighted by molar-refractivity contribution is -0.137. The van der Waals surface area contributed by atoms with Gasteiger partial charge in [-0.05, 0) is 60.7 Å². The van der Waals surface area contributed by atoms with Crippen molar-refractivity contribution in [3.8, 4) is 56.7 Å². The number of alkyl halides is 3. The molecule has 8 aromatic carbocycles. The van der Waals surface area contributed by atoms with Gasteiger partial charge in [0.2, 0.25) is 0 Å². The summed E-state index contributed by atoms with van der Waals surface area (Å²) in [6.45, 7) is 8.68. The topological polar surface area (TPSA) is 52.9 Å². The molecule has 11 rings (SSSR count). The van der Waals surface area contributed by atoms with Gasteiger partial charge >= 0.3 is 6.18 Å². The van der Waals surface area contributed by atoms with E-state index in [0.29, 0.717) is 72.7 Å². The Balaban J connectivity index is 1.31. The van der Waals surface area contributed by atoms with Gasteiger partial charge in [-0.1, -0.05) is 121 Å². The average molecular weight is 827 g/mol. The number of para-hydroxylation sites is 2. The summed E-state index contributed by atoms with van der Waals surface area (Å²) in [5.41, 5.74) is 6.59. The van der Waals surface area contributed by atoms with Crippen molar-refractivity contribution in [1.82, 2.24) is 24.1 Å². The maximum atomic E-state index is 15.1. The highest BCUT2D eigenvalue weighted by Crippen LogP contribution is 2.48. The summed E-state index contributed by atoms with van der Waals surface area (Å²) in [5, 5.41) is 2.55. The Hall–Kier alpha value is -8.42. The number of aromatic nitrogens is 5. The van der Waals surface area contributed by atoms with Crippen LogP contribution >= 0.6 is 0 Å². The van der Waals surface area contributed by atoms with Crippen molar-refractivity contribution in [2.75, 3.05) is 0 Å². The molecule has 0 unspecified atom stereocenters. The summed E-state index contributed by atoms with van der Waals surface area (Å²) in [5.74, 6) is 0.815. The van der Waals surface area contributed by atoms with E-state index in [9.17, 15) is 13.2 Å². The van der Waals surface area contributed by atoms with Gasteiger partial charge in [0, 0.05) is 55.0 Å². The van der Waals surface area contributed by atoms with Crippen molar-refractivity contribution >= 4 is 49.3 Å². The number of nitrogens with zero attached hydrogens (tertiary/aromatic N) is 6. The van der Waals surface area contributed by atoms with Crippen molar-refractivity contribution in [1.29, 1.82) is 0 Å². The summed E-state index contributed by atoms with van der Waals surface area (Å²) in [4.78, 5) is 19.4. The maximum Gasteiger partial charge on any atom is 0.416 e. The van der Waals surface area contributed by atoms with Crippen LogP contribution in [0.4, 0.5) is 23.2 Å². The van der Waals surface area contributed by atoms with E-state index in [4.69, 9.17) is 21.5 Å². The quantitative estimate of drug-likeness (QED) is 0.124. The van der Waals surface area contributed by atoms with E-state index in [-0.39, 0.29) is 11.5 Å². The molecule has 0 aliphatic heterocycles. The highest BCUT2D eigenvalue weighted by atomic mass is 19.4. The van der Waals surface area contributed by atoms with Crippen molar-refractivity contribution in [3.05, 3.63) is 205 Å². The Labute approximate surface area is 357 Å². The minimum Gasteiger partial charge on any atom is -0.310 e. The summed E-state index contributed by atoms with van der Waals surface area (Å²) in [6.07, 6.45) is -4.56. The summed E-state index contributed by atoms with van der Waals surface area (Å²) >= 11 is 0. The first-order chi connectivity index (χ1) is 30.8. The van der Waals surface area contributed by atoms with Crippen LogP contribution in [0.3, 0.4) is 0 Å². The molecule has 3 heterocycles. The number of hydrogen-bond acceptors (Lipinski definition) is 3. The molecule has 0 saturated carbocycles. The molecule has 10 heteroatoms. The van der Waals surface area contributed by atoms with Crippen LogP contribution in [0, 0.1) is 12.4 Å². The first-order valence-electron chi connectivity index (χ1n) is 20.1. The lowest BCUT2D eigenvalue weighted by atomic mass is 9.93. The minimum atomic E-state index is -4.56. The van der Waals surface area contributed by atoms with Crippen molar-refractivity contribution in [3.63, 3.8) is 0 Å². The van der Waals surface area contributed by atoms with Crippen LogP contribution in [0.2, 0.25) is 0 Å². The Morgan fingerprint density at radius 1 is 0.444 bits per heavy atom. The Morgan fingerprint density at radius 3 is 1.52 bits per heavy atom. The molecule has 3 aromatic heterocycles. The number of hydrogen-bond donors (Lipinski definition) is 0. The molecular weight excluding hydrogens is 797 g/mol. The molecule has 11 aromatic rings. The second-order valence-electron chi connectivity index (χ2n) is 15.1. The molecule has 0 spiro atoms. The Bertz CT molecular complexity index is 3580. The van der Waals surface area contributed by atoms with E-state index in [1.54, 1.807) is 24.3 Å². The largest absolute Gasteiger partial charge is 0.416 e. The minimum absolute atomic E-state index is 0.284. The molecule has 0 aliphatic rings. The van der Waals surface area contributed by atoms with Gasteiger partial charge in [-0.2, -0.15) is 13.2 Å². The van der Waals surface area contributed by atoms with Crippen LogP contribution in [0.1, 0.15) is 5.56 Å². The number of fused-ring (bicyclic) bond motifs is 6. The molecule has 0 atom stereocenters. The first-order valence-corrected chi connectivity index (χ1v) is 20.1. The predicted octanol–water partition coefficient (Wildman–Crippen LogP) is 14.4. The van der Waals surface area contributed by atoms with Gasteiger partial charge in [0.05, 0.1) is 39.9 Å². The second-order valence-corrected chi connectivity index (χ2v) is 15.1. The highest BCUT2D eigenvalue weighted by Gasteiger charge is 2.32. The van der Waals surface area contributed by atoms with E-state index in [0.717, 1.165) is 33.6 Å². The lowest BCUT2D eigenvalue weighted by Gasteiger charge is -2.22. The molecule has 6 nitrogen and oxygen atoms in total. The van der Waals surface area contributed by atoms with Gasteiger partial charge in [0.1, 0.15) is 5.82 Å². The fraction of sp³-hybridized carbons (Fsp3) is 0.0189. The summed E-state index contributed by atoms with van der Waals surface area (Å²) < 4.78 is 61.8. The Kier molecular flexibility index (Phi) is 8.73. The van der Waals surface area contributed by atoms with Crippen molar-refractivity contribution in [2.45, 2.75) is 6.18 Å². The first kappa shape index (κ1) is 37.6. The average Bonchev–Trinajstić information content (AvgIpc) is 3.83. The van der Waals surface area contributed by atoms with Crippen molar-refractivity contribution < 1.29 is 17.6 Å². The fourth-order valence-electron chi connectivity index (χ4n) is 8.78. The van der Waals surface area contributed by atoms with Crippen molar-refractivity contribution in [2.24, 2.45) is 0 Å². The monoisotopic (exact) mass is 826 g/mol. The number of benzene rings is 8. The maximum absolute atomic E-state index is 15.1. The summed E-state index contributed by atoms with van der Waals surface area (Å²) in [6, 6.07) is 54.0. The van der Waals surface area contributed by atoms with Gasteiger partial charge in [-0.25, -0.2) is 24.2 Å². The zero-order chi connectivity index (χ0) is 42.8. The third-order valence-electron chi connectivity index (χ3n) is 11.5. The highest BCUT2D eigenvalue weighted by molar-refractivity contribution is 6.13. The van der Waals surface area contributed by atoms with E-state index >= 15 is 4.39 Å². The van der Waals surface area contributed by atoms with Gasteiger partial charge < -0.3 is 9.13 Å². The van der Waals surface area contributed by atoms with Gasteiger partial charge in [-0.15, -0.1) is 0 Å². The molecule has 0 radical (unpaired) electrons. The third kappa shape index (κ3) is 6.20. The van der Waals surface area contributed by atoms with E-state index < -0.39 is 11.7 Å². The SMILES string of the molecule is [C-]#[N+]c1cccc(-n2c3ccccc3c3cc(C(F)(F)F)ccc32)c1-c1c(-c2nc(-c3ccccc3)nc(-c3ccccc3)n2)cccc1-n1c2ccccc2c2cc(F)ccc21. The van der Waals surface area contributed by atoms with Gasteiger partial charge in [0.25, 0.3) is 0 Å². The van der Waals surface area contributed by atoms with Gasteiger partial charge in [-0.3, -0.25) is 0 Å².